The van der Waals surface area contributed by atoms with E-state index < -0.39 is 11.8 Å². The van der Waals surface area contributed by atoms with Crippen LogP contribution in [0.15, 0.2) is 24.3 Å². The van der Waals surface area contributed by atoms with Crippen LogP contribution < -0.4 is 10.6 Å². The van der Waals surface area contributed by atoms with Crippen LogP contribution in [0.25, 0.3) is 0 Å². The van der Waals surface area contributed by atoms with E-state index in [1.165, 1.54) is 25.7 Å². The smallest absolute Gasteiger partial charge is 0.235 e. The molecule has 29 heavy (non-hydrogen) atoms. The van der Waals surface area contributed by atoms with Gasteiger partial charge in [0.05, 0.1) is 5.92 Å². The Hall–Kier alpha value is -1.88. The Morgan fingerprint density at radius 1 is 1.03 bits per heavy atom. The molecule has 1 saturated heterocycles. The molecular formula is C24H35N3O2. The molecule has 0 spiro atoms. The zero-order chi connectivity index (χ0) is 20.5. The quantitative estimate of drug-likeness (QED) is 0.824. The number of anilines is 1. The van der Waals surface area contributed by atoms with Crippen molar-refractivity contribution < 1.29 is 9.59 Å². The molecule has 2 aliphatic heterocycles. The predicted octanol–water partition coefficient (Wildman–Crippen LogP) is 3.67. The summed E-state index contributed by atoms with van der Waals surface area (Å²) < 4.78 is 0. The number of benzene rings is 1. The Bertz CT molecular complexity index is 746. The molecular weight excluding hydrogens is 362 g/mol. The maximum absolute atomic E-state index is 13.2. The second-order valence-corrected chi connectivity index (χ2v) is 9.57. The van der Waals surface area contributed by atoms with Crippen molar-refractivity contribution in [1.82, 2.24) is 4.90 Å². The number of hydrogen-bond acceptors (Lipinski definition) is 3. The zero-order valence-corrected chi connectivity index (χ0v) is 17.8. The van der Waals surface area contributed by atoms with Crippen molar-refractivity contribution >= 4 is 17.5 Å². The summed E-state index contributed by atoms with van der Waals surface area (Å²) in [6.45, 7) is 6.84. The molecule has 4 rings (SSSR count). The topological polar surface area (TPSA) is 66.6 Å². The average molecular weight is 398 g/mol. The molecule has 2 heterocycles. The van der Waals surface area contributed by atoms with Gasteiger partial charge in [0.25, 0.3) is 0 Å². The highest BCUT2D eigenvalue weighted by Gasteiger charge is 2.42. The Balaban J connectivity index is 1.40. The summed E-state index contributed by atoms with van der Waals surface area (Å²) in [6, 6.07) is 8.87. The van der Waals surface area contributed by atoms with E-state index in [1.54, 1.807) is 0 Å². The number of rotatable bonds is 5. The SMILES string of the molecule is CC(C)[C@H]1CC[C@@H](N2CCC(N3C(=O)C(CC(N)=O)c4ccccc43)CC2)CC1. The third kappa shape index (κ3) is 4.07. The maximum Gasteiger partial charge on any atom is 0.235 e. The highest BCUT2D eigenvalue weighted by Crippen LogP contribution is 2.42. The summed E-state index contributed by atoms with van der Waals surface area (Å²) >= 11 is 0. The molecule has 2 amide bonds. The number of primary amides is 1. The number of amides is 2. The van der Waals surface area contributed by atoms with Gasteiger partial charge in [0.1, 0.15) is 0 Å². The lowest BCUT2D eigenvalue weighted by atomic mass is 9.79. The van der Waals surface area contributed by atoms with E-state index in [0.29, 0.717) is 0 Å². The third-order valence-electron chi connectivity index (χ3n) is 7.58. The Morgan fingerprint density at radius 3 is 2.31 bits per heavy atom. The normalized spacial score (nSPS) is 28.7. The minimum Gasteiger partial charge on any atom is -0.370 e. The molecule has 3 aliphatic rings. The largest absolute Gasteiger partial charge is 0.370 e. The van der Waals surface area contributed by atoms with Crippen molar-refractivity contribution in [2.45, 2.75) is 76.8 Å². The highest BCUT2D eigenvalue weighted by atomic mass is 16.2. The molecule has 2 fully saturated rings. The van der Waals surface area contributed by atoms with Crippen LogP contribution in [-0.2, 0) is 9.59 Å². The number of hydrogen-bond donors (Lipinski definition) is 1. The Kier molecular flexibility index (Phi) is 5.95. The van der Waals surface area contributed by atoms with Gasteiger partial charge in [0.15, 0.2) is 0 Å². The molecule has 1 aliphatic carbocycles. The lowest BCUT2D eigenvalue weighted by Gasteiger charge is -2.43. The van der Waals surface area contributed by atoms with Crippen LogP contribution >= 0.6 is 0 Å². The maximum atomic E-state index is 13.2. The predicted molar refractivity (Wildman–Crippen MR) is 116 cm³/mol. The van der Waals surface area contributed by atoms with Gasteiger partial charge in [-0.1, -0.05) is 32.0 Å². The van der Waals surface area contributed by atoms with Crippen molar-refractivity contribution in [2.24, 2.45) is 17.6 Å². The first kappa shape index (κ1) is 20.4. The van der Waals surface area contributed by atoms with Crippen LogP contribution in [0.3, 0.4) is 0 Å². The van der Waals surface area contributed by atoms with E-state index in [2.05, 4.69) is 18.7 Å². The van der Waals surface area contributed by atoms with E-state index in [0.717, 1.165) is 55.1 Å². The summed E-state index contributed by atoms with van der Waals surface area (Å²) in [7, 11) is 0. The molecule has 0 radical (unpaired) electrons. The number of nitrogens with two attached hydrogens (primary N) is 1. The number of carbonyl (C=O) groups is 2. The van der Waals surface area contributed by atoms with Crippen LogP contribution in [-0.4, -0.2) is 41.9 Å². The van der Waals surface area contributed by atoms with Gasteiger partial charge in [0.2, 0.25) is 11.8 Å². The fraction of sp³-hybridized carbons (Fsp3) is 0.667. The van der Waals surface area contributed by atoms with E-state index in [4.69, 9.17) is 5.73 Å². The van der Waals surface area contributed by atoms with Crippen LogP contribution in [0.2, 0.25) is 0 Å². The van der Waals surface area contributed by atoms with Gasteiger partial charge in [-0.2, -0.15) is 0 Å². The molecule has 1 aromatic carbocycles. The molecule has 1 aromatic rings. The average Bonchev–Trinajstić information content (AvgIpc) is 2.99. The molecule has 158 valence electrons. The van der Waals surface area contributed by atoms with Gasteiger partial charge in [-0.3, -0.25) is 9.59 Å². The van der Waals surface area contributed by atoms with E-state index >= 15 is 0 Å². The third-order valence-corrected chi connectivity index (χ3v) is 7.58. The van der Waals surface area contributed by atoms with E-state index in [1.807, 2.05) is 29.2 Å². The highest BCUT2D eigenvalue weighted by molar-refractivity contribution is 6.07. The summed E-state index contributed by atoms with van der Waals surface area (Å²) in [5, 5.41) is 0. The molecule has 1 atom stereocenters. The summed E-state index contributed by atoms with van der Waals surface area (Å²) in [6.07, 6.45) is 7.47. The second-order valence-electron chi connectivity index (χ2n) is 9.57. The van der Waals surface area contributed by atoms with Crippen molar-refractivity contribution in [1.29, 1.82) is 0 Å². The molecule has 1 unspecified atom stereocenters. The minimum absolute atomic E-state index is 0.0564. The van der Waals surface area contributed by atoms with Crippen LogP contribution in [0.4, 0.5) is 5.69 Å². The first-order chi connectivity index (χ1) is 14.0. The van der Waals surface area contributed by atoms with Crippen LogP contribution in [0, 0.1) is 11.8 Å². The fourth-order valence-corrected chi connectivity index (χ4v) is 5.84. The first-order valence-corrected chi connectivity index (χ1v) is 11.4. The van der Waals surface area contributed by atoms with Crippen molar-refractivity contribution in [2.75, 3.05) is 18.0 Å². The van der Waals surface area contributed by atoms with Gasteiger partial charge in [0, 0.05) is 37.3 Å². The van der Waals surface area contributed by atoms with Gasteiger partial charge in [-0.25, -0.2) is 0 Å². The zero-order valence-electron chi connectivity index (χ0n) is 17.8. The molecule has 5 nitrogen and oxygen atoms in total. The van der Waals surface area contributed by atoms with Crippen molar-refractivity contribution in [3.05, 3.63) is 29.8 Å². The molecule has 0 aromatic heterocycles. The van der Waals surface area contributed by atoms with Gasteiger partial charge in [-0.05, 0) is 62.0 Å². The molecule has 2 N–H and O–H groups in total. The standard InChI is InChI=1S/C24H35N3O2/c1-16(2)17-7-9-18(10-8-17)26-13-11-19(12-14-26)27-22-6-4-3-5-20(22)21(24(27)29)15-23(25)28/h3-6,16-19,21H,7-15H2,1-2H3,(H2,25,28)/t17-,18+,21?. The van der Waals surface area contributed by atoms with Gasteiger partial charge < -0.3 is 15.5 Å². The Morgan fingerprint density at radius 2 is 1.69 bits per heavy atom. The lowest BCUT2D eigenvalue weighted by molar-refractivity contribution is -0.124. The van der Waals surface area contributed by atoms with E-state index in [-0.39, 0.29) is 18.4 Å². The number of nitrogens with zero attached hydrogens (tertiary/aromatic N) is 2. The lowest BCUT2D eigenvalue weighted by Crippen LogP contribution is -2.50. The summed E-state index contributed by atoms with van der Waals surface area (Å²) in [5.74, 6) is 0.932. The van der Waals surface area contributed by atoms with E-state index in [9.17, 15) is 9.59 Å². The van der Waals surface area contributed by atoms with Crippen LogP contribution in [0.5, 0.6) is 0 Å². The second kappa shape index (κ2) is 8.47. The number of piperidine rings is 1. The number of fused-ring (bicyclic) bond motifs is 1. The number of para-hydroxylation sites is 1. The number of likely N-dealkylation sites (tertiary alicyclic amines) is 1. The monoisotopic (exact) mass is 397 g/mol. The first-order valence-electron chi connectivity index (χ1n) is 11.4. The number of carbonyl (C=O) groups excluding carboxylic acids is 2. The minimum atomic E-state index is -0.410. The molecule has 5 heteroatoms. The van der Waals surface area contributed by atoms with Gasteiger partial charge >= 0.3 is 0 Å². The molecule has 1 saturated carbocycles. The van der Waals surface area contributed by atoms with Gasteiger partial charge in [-0.15, -0.1) is 0 Å². The fourth-order valence-electron chi connectivity index (χ4n) is 5.84. The van der Waals surface area contributed by atoms with Crippen LogP contribution in [0.1, 0.15) is 70.3 Å². The van der Waals surface area contributed by atoms with Crippen molar-refractivity contribution in [3.63, 3.8) is 0 Å². The summed E-state index contributed by atoms with van der Waals surface area (Å²) in [4.78, 5) is 29.4. The molecule has 0 bridgehead atoms. The van der Waals surface area contributed by atoms with Crippen molar-refractivity contribution in [3.8, 4) is 0 Å². The summed E-state index contributed by atoms with van der Waals surface area (Å²) in [5.41, 5.74) is 7.38. The Labute approximate surface area is 174 Å².